The first-order valence-corrected chi connectivity index (χ1v) is 5.74. The molecule has 1 aromatic heterocycles. The first kappa shape index (κ1) is 12.3. The number of anilines is 1. The Morgan fingerprint density at radius 1 is 1.28 bits per heavy atom. The van der Waals surface area contributed by atoms with Gasteiger partial charge in [-0.2, -0.15) is 0 Å². The van der Waals surface area contributed by atoms with Crippen LogP contribution in [0.25, 0.3) is 10.9 Å². The summed E-state index contributed by atoms with van der Waals surface area (Å²) in [6, 6.07) is 7.59. The van der Waals surface area contributed by atoms with Gasteiger partial charge in [0.05, 0.1) is 11.2 Å². The quantitative estimate of drug-likeness (QED) is 0.897. The predicted molar refractivity (Wildman–Crippen MR) is 70.0 cm³/mol. The molecule has 0 saturated heterocycles. The van der Waals surface area contributed by atoms with Crippen molar-refractivity contribution < 1.29 is 9.90 Å². The number of benzene rings is 1. The van der Waals surface area contributed by atoms with Crippen molar-refractivity contribution in [2.75, 3.05) is 11.9 Å². The molecule has 0 aliphatic rings. The Bertz CT molecular complexity index is 596. The lowest BCUT2D eigenvalue weighted by atomic mass is 10.1. The number of aromatic nitrogens is 2. The van der Waals surface area contributed by atoms with Crippen molar-refractivity contribution in [3.8, 4) is 0 Å². The third-order valence-corrected chi connectivity index (χ3v) is 2.97. The van der Waals surface area contributed by atoms with Crippen LogP contribution in [-0.4, -0.2) is 34.4 Å². The van der Waals surface area contributed by atoms with E-state index in [1.54, 1.807) is 0 Å². The molecule has 5 heteroatoms. The Morgan fingerprint density at radius 3 is 2.56 bits per heavy atom. The highest BCUT2D eigenvalue weighted by molar-refractivity contribution is 6.02. The standard InChI is InChI=1S/C13H15N3O2/c1-8(2)16(3)12-9-6-4-5-7-10(9)14-15-11(12)13(17)18/h4-8H,1-3H3,(H,17,18). The zero-order chi connectivity index (χ0) is 13.3. The smallest absolute Gasteiger partial charge is 0.358 e. The maximum atomic E-state index is 11.3. The molecular weight excluding hydrogens is 230 g/mol. The van der Waals surface area contributed by atoms with Gasteiger partial charge in [-0.3, -0.25) is 0 Å². The number of carboxylic acids is 1. The van der Waals surface area contributed by atoms with E-state index in [1.165, 1.54) is 0 Å². The molecule has 0 bridgehead atoms. The number of rotatable bonds is 3. The van der Waals surface area contributed by atoms with Gasteiger partial charge in [-0.1, -0.05) is 18.2 Å². The van der Waals surface area contributed by atoms with Crippen molar-refractivity contribution in [2.45, 2.75) is 19.9 Å². The van der Waals surface area contributed by atoms with Crippen molar-refractivity contribution in [3.05, 3.63) is 30.0 Å². The van der Waals surface area contributed by atoms with Crippen LogP contribution in [0, 0.1) is 0 Å². The summed E-state index contributed by atoms with van der Waals surface area (Å²) < 4.78 is 0. The van der Waals surface area contributed by atoms with Gasteiger partial charge >= 0.3 is 5.97 Å². The number of hydrogen-bond acceptors (Lipinski definition) is 4. The highest BCUT2D eigenvalue weighted by Crippen LogP contribution is 2.28. The van der Waals surface area contributed by atoms with Gasteiger partial charge in [0.15, 0.2) is 5.69 Å². The lowest BCUT2D eigenvalue weighted by Crippen LogP contribution is -2.28. The molecule has 0 aliphatic heterocycles. The van der Waals surface area contributed by atoms with Crippen molar-refractivity contribution in [1.29, 1.82) is 0 Å². The third-order valence-electron chi connectivity index (χ3n) is 2.97. The molecule has 0 unspecified atom stereocenters. The molecule has 1 aromatic carbocycles. The van der Waals surface area contributed by atoms with Gasteiger partial charge < -0.3 is 10.0 Å². The summed E-state index contributed by atoms with van der Waals surface area (Å²) in [4.78, 5) is 13.2. The van der Waals surface area contributed by atoms with Gasteiger partial charge in [0.2, 0.25) is 0 Å². The van der Waals surface area contributed by atoms with Crippen LogP contribution in [0.4, 0.5) is 5.69 Å². The summed E-state index contributed by atoms with van der Waals surface area (Å²) in [5.41, 5.74) is 1.30. The van der Waals surface area contributed by atoms with Crippen LogP contribution in [0.2, 0.25) is 0 Å². The average Bonchev–Trinajstić information content (AvgIpc) is 2.36. The monoisotopic (exact) mass is 245 g/mol. The molecule has 0 amide bonds. The normalized spacial score (nSPS) is 10.9. The molecule has 1 N–H and O–H groups in total. The second-order valence-electron chi connectivity index (χ2n) is 4.42. The van der Waals surface area contributed by atoms with Crippen LogP contribution >= 0.6 is 0 Å². The molecule has 0 spiro atoms. The lowest BCUT2D eigenvalue weighted by molar-refractivity contribution is 0.0690. The molecule has 0 saturated carbocycles. The summed E-state index contributed by atoms with van der Waals surface area (Å²) >= 11 is 0. The fourth-order valence-corrected chi connectivity index (χ4v) is 1.80. The minimum absolute atomic E-state index is 0.00935. The van der Waals surface area contributed by atoms with E-state index < -0.39 is 5.97 Å². The zero-order valence-electron chi connectivity index (χ0n) is 10.6. The van der Waals surface area contributed by atoms with Gasteiger partial charge in [-0.25, -0.2) is 4.79 Å². The van der Waals surface area contributed by atoms with Crippen LogP contribution in [0.5, 0.6) is 0 Å². The highest BCUT2D eigenvalue weighted by atomic mass is 16.4. The minimum atomic E-state index is -1.06. The van der Waals surface area contributed by atoms with Gasteiger partial charge in [-0.15, -0.1) is 10.2 Å². The first-order chi connectivity index (χ1) is 8.52. The van der Waals surface area contributed by atoms with Crippen molar-refractivity contribution in [3.63, 3.8) is 0 Å². The van der Waals surface area contributed by atoms with Crippen LogP contribution in [0.3, 0.4) is 0 Å². The van der Waals surface area contributed by atoms with E-state index in [0.29, 0.717) is 11.2 Å². The van der Waals surface area contributed by atoms with Crippen molar-refractivity contribution in [2.24, 2.45) is 0 Å². The Balaban J connectivity index is 2.78. The molecule has 2 rings (SSSR count). The number of carbonyl (C=O) groups is 1. The zero-order valence-corrected chi connectivity index (χ0v) is 10.6. The Labute approximate surface area is 105 Å². The SMILES string of the molecule is CC(C)N(C)c1c(C(=O)O)nnc2ccccc12. The molecule has 0 atom stereocenters. The molecule has 0 fully saturated rings. The summed E-state index contributed by atoms with van der Waals surface area (Å²) in [6.45, 7) is 4.00. The lowest BCUT2D eigenvalue weighted by Gasteiger charge is -2.25. The molecule has 5 nitrogen and oxygen atoms in total. The number of carboxylic acid groups (broad SMARTS) is 1. The van der Waals surface area contributed by atoms with E-state index in [0.717, 1.165) is 5.39 Å². The van der Waals surface area contributed by atoms with Gasteiger partial charge in [0, 0.05) is 18.5 Å². The second-order valence-corrected chi connectivity index (χ2v) is 4.42. The van der Waals surface area contributed by atoms with Crippen LogP contribution in [-0.2, 0) is 0 Å². The topological polar surface area (TPSA) is 66.3 Å². The Hall–Kier alpha value is -2.17. The minimum Gasteiger partial charge on any atom is -0.476 e. The van der Waals surface area contributed by atoms with E-state index in [2.05, 4.69) is 10.2 Å². The maximum absolute atomic E-state index is 11.3. The van der Waals surface area contributed by atoms with Crippen molar-refractivity contribution in [1.82, 2.24) is 10.2 Å². The molecule has 18 heavy (non-hydrogen) atoms. The Morgan fingerprint density at radius 2 is 1.94 bits per heavy atom. The summed E-state index contributed by atoms with van der Waals surface area (Å²) in [6.07, 6.45) is 0. The molecule has 0 radical (unpaired) electrons. The molecular formula is C13H15N3O2. The number of hydrogen-bond donors (Lipinski definition) is 1. The number of nitrogens with zero attached hydrogens (tertiary/aromatic N) is 3. The first-order valence-electron chi connectivity index (χ1n) is 5.74. The molecule has 1 heterocycles. The van der Waals surface area contributed by atoms with Crippen molar-refractivity contribution >= 4 is 22.6 Å². The summed E-state index contributed by atoms with van der Waals surface area (Å²) in [5, 5.41) is 17.8. The van der Waals surface area contributed by atoms with Gasteiger partial charge in [0.1, 0.15) is 0 Å². The van der Waals surface area contributed by atoms with E-state index in [-0.39, 0.29) is 11.7 Å². The van der Waals surface area contributed by atoms with Gasteiger partial charge in [0.25, 0.3) is 0 Å². The van der Waals surface area contributed by atoms with Crippen LogP contribution < -0.4 is 4.90 Å². The highest BCUT2D eigenvalue weighted by Gasteiger charge is 2.20. The van der Waals surface area contributed by atoms with Crippen LogP contribution in [0.15, 0.2) is 24.3 Å². The molecule has 0 aliphatic carbocycles. The van der Waals surface area contributed by atoms with E-state index >= 15 is 0 Å². The fraction of sp³-hybridized carbons (Fsp3) is 0.308. The molecule has 94 valence electrons. The average molecular weight is 245 g/mol. The number of fused-ring (bicyclic) bond motifs is 1. The maximum Gasteiger partial charge on any atom is 0.358 e. The van der Waals surface area contributed by atoms with Crippen LogP contribution in [0.1, 0.15) is 24.3 Å². The predicted octanol–water partition coefficient (Wildman–Crippen LogP) is 2.17. The largest absolute Gasteiger partial charge is 0.476 e. The Kier molecular flexibility index (Phi) is 3.14. The summed E-state index contributed by atoms with van der Waals surface area (Å²) in [7, 11) is 1.86. The molecule has 2 aromatic rings. The van der Waals surface area contributed by atoms with E-state index in [1.807, 2.05) is 50.1 Å². The number of aromatic carboxylic acids is 1. The summed E-state index contributed by atoms with van der Waals surface area (Å²) in [5.74, 6) is -1.06. The fourth-order valence-electron chi connectivity index (χ4n) is 1.80. The van der Waals surface area contributed by atoms with E-state index in [9.17, 15) is 9.90 Å². The second kappa shape index (κ2) is 4.60. The van der Waals surface area contributed by atoms with Gasteiger partial charge in [-0.05, 0) is 19.9 Å². The third kappa shape index (κ3) is 1.99. The van der Waals surface area contributed by atoms with E-state index in [4.69, 9.17) is 0 Å².